The Morgan fingerprint density at radius 1 is 0.741 bits per heavy atom. The molecule has 0 aromatic heterocycles. The van der Waals surface area contributed by atoms with Crippen LogP contribution in [0, 0.1) is 47.3 Å². The minimum atomic E-state index is 0.188. The van der Waals surface area contributed by atoms with Crippen molar-refractivity contribution in [3.8, 4) is 0 Å². The molecule has 27 heavy (non-hydrogen) atoms. The van der Waals surface area contributed by atoms with E-state index < -0.39 is 0 Å². The minimum absolute atomic E-state index is 0.188. The number of rotatable bonds is 0. The molecule has 11 atom stereocenters. The van der Waals surface area contributed by atoms with Crippen molar-refractivity contribution in [2.24, 2.45) is 47.3 Å². The maximum atomic E-state index is 7.02. The standard InChI is InChI=1S/C25H41NO/c1-15-21-14-22-18-7-4-3-6-17(18)9-10-19(22)20(21)11-12-25(15)16(2)24-23(27-25)8-5-13-26-24/h15-24,26H,3-14H2,1-2H3. The van der Waals surface area contributed by atoms with Crippen LogP contribution in [-0.4, -0.2) is 24.3 Å². The van der Waals surface area contributed by atoms with Crippen LogP contribution in [0.1, 0.15) is 84.5 Å². The van der Waals surface area contributed by atoms with Crippen molar-refractivity contribution in [3.63, 3.8) is 0 Å². The van der Waals surface area contributed by atoms with Crippen molar-refractivity contribution in [2.45, 2.75) is 102 Å². The van der Waals surface area contributed by atoms with Crippen LogP contribution in [0.3, 0.4) is 0 Å². The van der Waals surface area contributed by atoms with Gasteiger partial charge in [-0.2, -0.15) is 0 Å². The van der Waals surface area contributed by atoms with Crippen LogP contribution in [0.5, 0.6) is 0 Å². The Bertz CT molecular complexity index is 577. The van der Waals surface area contributed by atoms with Gasteiger partial charge in [-0.1, -0.05) is 33.1 Å². The molecule has 2 heterocycles. The zero-order valence-electron chi connectivity index (χ0n) is 17.7. The van der Waals surface area contributed by atoms with Gasteiger partial charge in [-0.25, -0.2) is 0 Å². The van der Waals surface area contributed by atoms with E-state index >= 15 is 0 Å². The Hall–Kier alpha value is -0.0800. The Kier molecular flexibility index (Phi) is 4.25. The van der Waals surface area contributed by atoms with Gasteiger partial charge in [-0.05, 0) is 99.3 Å². The van der Waals surface area contributed by atoms with Gasteiger partial charge in [0.25, 0.3) is 0 Å². The molecule has 2 saturated heterocycles. The summed E-state index contributed by atoms with van der Waals surface area (Å²) in [5, 5.41) is 3.84. The summed E-state index contributed by atoms with van der Waals surface area (Å²) in [6, 6.07) is 0.629. The first-order valence-corrected chi connectivity index (χ1v) is 12.6. The largest absolute Gasteiger partial charge is 0.370 e. The molecule has 152 valence electrons. The monoisotopic (exact) mass is 371 g/mol. The summed E-state index contributed by atoms with van der Waals surface area (Å²) in [4.78, 5) is 0. The number of ether oxygens (including phenoxy) is 1. The third-order valence-corrected chi connectivity index (χ3v) is 11.0. The van der Waals surface area contributed by atoms with Crippen LogP contribution in [-0.2, 0) is 4.74 Å². The quantitative estimate of drug-likeness (QED) is 0.614. The highest BCUT2D eigenvalue weighted by molar-refractivity contribution is 5.13. The van der Waals surface area contributed by atoms with Gasteiger partial charge in [0.1, 0.15) is 0 Å². The highest BCUT2D eigenvalue weighted by atomic mass is 16.5. The molecule has 4 saturated carbocycles. The molecule has 0 radical (unpaired) electrons. The van der Waals surface area contributed by atoms with E-state index in [9.17, 15) is 0 Å². The van der Waals surface area contributed by atoms with Crippen molar-refractivity contribution in [1.82, 2.24) is 5.32 Å². The topological polar surface area (TPSA) is 21.3 Å². The summed E-state index contributed by atoms with van der Waals surface area (Å²) in [7, 11) is 0. The smallest absolute Gasteiger partial charge is 0.0756 e. The molecule has 2 heteroatoms. The normalized spacial score (nSPS) is 59.8. The Balaban J connectivity index is 1.26. The molecule has 4 aliphatic carbocycles. The van der Waals surface area contributed by atoms with E-state index in [2.05, 4.69) is 19.2 Å². The van der Waals surface area contributed by atoms with Crippen LogP contribution in [0.15, 0.2) is 0 Å². The van der Waals surface area contributed by atoms with E-state index in [1.54, 1.807) is 32.1 Å². The van der Waals surface area contributed by atoms with Gasteiger partial charge in [0.2, 0.25) is 0 Å². The van der Waals surface area contributed by atoms with Gasteiger partial charge >= 0.3 is 0 Å². The maximum Gasteiger partial charge on any atom is 0.0756 e. The van der Waals surface area contributed by atoms with Crippen LogP contribution >= 0.6 is 0 Å². The van der Waals surface area contributed by atoms with Crippen molar-refractivity contribution in [2.75, 3.05) is 6.54 Å². The number of nitrogens with one attached hydrogen (secondary N) is 1. The molecule has 6 rings (SSSR count). The number of piperidine rings is 1. The lowest BCUT2D eigenvalue weighted by molar-refractivity contribution is -0.141. The van der Waals surface area contributed by atoms with E-state index in [4.69, 9.17) is 4.74 Å². The summed E-state index contributed by atoms with van der Waals surface area (Å²) in [6.07, 6.45) is 16.8. The van der Waals surface area contributed by atoms with E-state index in [1.165, 1.54) is 45.1 Å². The first-order valence-electron chi connectivity index (χ1n) is 12.6. The molecular weight excluding hydrogens is 330 g/mol. The van der Waals surface area contributed by atoms with Crippen molar-refractivity contribution in [3.05, 3.63) is 0 Å². The summed E-state index contributed by atoms with van der Waals surface area (Å²) < 4.78 is 7.02. The molecule has 0 bridgehead atoms. The Morgan fingerprint density at radius 2 is 1.59 bits per heavy atom. The fraction of sp³-hybridized carbons (Fsp3) is 1.00. The van der Waals surface area contributed by atoms with Crippen molar-refractivity contribution in [1.29, 1.82) is 0 Å². The predicted molar refractivity (Wildman–Crippen MR) is 109 cm³/mol. The zero-order chi connectivity index (χ0) is 18.2. The SMILES string of the molecule is CC1C2CC3C4CCCCC4CCC3C2CCC12OC1CCCNC1C2C. The molecule has 11 unspecified atom stereocenters. The lowest BCUT2D eigenvalue weighted by Crippen LogP contribution is -2.52. The first kappa shape index (κ1) is 17.8. The zero-order valence-corrected chi connectivity index (χ0v) is 17.7. The van der Waals surface area contributed by atoms with Gasteiger partial charge in [0.15, 0.2) is 0 Å². The van der Waals surface area contributed by atoms with Crippen LogP contribution < -0.4 is 5.32 Å². The maximum absolute atomic E-state index is 7.02. The van der Waals surface area contributed by atoms with Gasteiger partial charge in [0, 0.05) is 12.0 Å². The molecule has 1 N–H and O–H groups in total. The molecule has 6 aliphatic rings. The van der Waals surface area contributed by atoms with Crippen molar-refractivity contribution >= 4 is 0 Å². The fourth-order valence-electron chi connectivity index (χ4n) is 9.79. The van der Waals surface area contributed by atoms with E-state index in [0.29, 0.717) is 18.1 Å². The highest BCUT2D eigenvalue weighted by Gasteiger charge is 2.63. The van der Waals surface area contributed by atoms with Crippen LogP contribution in [0.2, 0.25) is 0 Å². The third kappa shape index (κ3) is 2.44. The summed E-state index contributed by atoms with van der Waals surface area (Å²) in [6.45, 7) is 6.35. The lowest BCUT2D eigenvalue weighted by Gasteiger charge is -2.49. The summed E-state index contributed by atoms with van der Waals surface area (Å²) in [5.41, 5.74) is 0.188. The minimum Gasteiger partial charge on any atom is -0.370 e. The second-order valence-corrected chi connectivity index (χ2v) is 11.5. The number of fused-ring (bicyclic) bond motifs is 6. The molecule has 2 nitrogen and oxygen atoms in total. The fourth-order valence-corrected chi connectivity index (χ4v) is 9.79. The van der Waals surface area contributed by atoms with Gasteiger partial charge in [-0.3, -0.25) is 0 Å². The summed E-state index contributed by atoms with van der Waals surface area (Å²) in [5.74, 6) is 7.80. The first-order chi connectivity index (χ1) is 13.2. The van der Waals surface area contributed by atoms with Gasteiger partial charge in [0.05, 0.1) is 11.7 Å². The average molecular weight is 372 g/mol. The van der Waals surface area contributed by atoms with Crippen LogP contribution in [0.25, 0.3) is 0 Å². The van der Waals surface area contributed by atoms with E-state index in [1.807, 2.05) is 0 Å². The number of hydrogen-bond acceptors (Lipinski definition) is 2. The van der Waals surface area contributed by atoms with Crippen molar-refractivity contribution < 1.29 is 4.74 Å². The molecule has 0 aromatic carbocycles. The van der Waals surface area contributed by atoms with E-state index in [-0.39, 0.29) is 5.60 Å². The average Bonchev–Trinajstić information content (AvgIpc) is 3.22. The third-order valence-electron chi connectivity index (χ3n) is 11.0. The highest BCUT2D eigenvalue weighted by Crippen LogP contribution is 2.64. The van der Waals surface area contributed by atoms with E-state index in [0.717, 1.165) is 41.4 Å². The predicted octanol–water partition coefficient (Wildman–Crippen LogP) is 5.41. The van der Waals surface area contributed by atoms with Gasteiger partial charge < -0.3 is 10.1 Å². The van der Waals surface area contributed by atoms with Crippen LogP contribution in [0.4, 0.5) is 0 Å². The molecule has 0 aromatic rings. The number of hydrogen-bond donors (Lipinski definition) is 1. The molecular formula is C25H41NO. The van der Waals surface area contributed by atoms with Gasteiger partial charge in [-0.15, -0.1) is 0 Å². The second-order valence-electron chi connectivity index (χ2n) is 11.5. The molecule has 1 spiro atoms. The summed E-state index contributed by atoms with van der Waals surface area (Å²) >= 11 is 0. The Morgan fingerprint density at radius 3 is 2.48 bits per heavy atom. The Labute approximate surface area is 166 Å². The molecule has 2 aliphatic heterocycles. The molecule has 6 fully saturated rings. The second kappa shape index (κ2) is 6.46. The lowest BCUT2D eigenvalue weighted by atomic mass is 9.59. The molecule has 0 amide bonds.